The molecular weight excluding hydrogens is 313 g/mol. The second-order valence-electron chi connectivity index (χ2n) is 3.90. The van der Waals surface area contributed by atoms with Crippen LogP contribution >= 0.6 is 0 Å². The van der Waals surface area contributed by atoms with Gasteiger partial charge in [0.25, 0.3) is 5.69 Å². The van der Waals surface area contributed by atoms with Crippen molar-refractivity contribution in [2.45, 2.75) is 18.5 Å². The zero-order valence-corrected chi connectivity index (χ0v) is 9.93. The lowest BCUT2D eigenvalue weighted by Gasteiger charge is -2.17. The molecule has 1 aromatic rings. The number of hydrogen-bond donors (Lipinski definition) is 1. The van der Waals surface area contributed by atoms with Crippen LogP contribution < -0.4 is 5.32 Å². The molecule has 0 fully saturated rings. The van der Waals surface area contributed by atoms with E-state index in [4.69, 9.17) is 0 Å². The third-order valence-electron chi connectivity index (χ3n) is 2.35. The minimum absolute atomic E-state index is 0.208. The number of nitrogens with one attached hydrogen (secondary N) is 1. The lowest BCUT2D eigenvalue weighted by molar-refractivity contribution is -0.388. The first-order valence-electron chi connectivity index (χ1n) is 5.20. The number of nitro benzene ring substituents is 1. The highest BCUT2D eigenvalue weighted by Gasteiger charge is 2.41. The van der Waals surface area contributed by atoms with Gasteiger partial charge in [-0.15, -0.1) is 0 Å². The summed E-state index contributed by atoms with van der Waals surface area (Å²) in [6.07, 6.45) is -9.09. The van der Waals surface area contributed by atoms with E-state index in [9.17, 15) is 40.8 Å². The Morgan fingerprint density at radius 3 is 2.19 bits per heavy atom. The minimum atomic E-state index is -5.09. The van der Waals surface area contributed by atoms with Crippen LogP contribution in [0.1, 0.15) is 5.56 Å². The lowest BCUT2D eigenvalue weighted by Crippen LogP contribution is -2.34. The maximum absolute atomic E-state index is 12.6. The van der Waals surface area contributed by atoms with Crippen molar-refractivity contribution in [2.75, 3.05) is 11.9 Å². The first kappa shape index (κ1) is 17.0. The quantitative estimate of drug-likeness (QED) is 0.508. The number of benzene rings is 1. The Balaban J connectivity index is 3.04. The largest absolute Gasteiger partial charge is 0.423 e. The summed E-state index contributed by atoms with van der Waals surface area (Å²) < 4.78 is 86.8. The van der Waals surface area contributed by atoms with Crippen LogP contribution in [0, 0.1) is 10.1 Å². The molecule has 0 spiro atoms. The molecule has 1 aromatic carbocycles. The molecule has 0 saturated carbocycles. The number of nitrogens with zero attached hydrogens (tertiary/aromatic N) is 1. The standard InChI is InChI=1S/C10H7F7N2O2/c11-8(12)9(13,14)4-18-5-1-2-7(19(20)21)6(3-5)10(15,16)17/h1-3,8,18H,4H2. The highest BCUT2D eigenvalue weighted by molar-refractivity contribution is 5.55. The highest BCUT2D eigenvalue weighted by Crippen LogP contribution is 2.37. The van der Waals surface area contributed by atoms with Gasteiger partial charge in [-0.25, -0.2) is 8.78 Å². The van der Waals surface area contributed by atoms with Crippen LogP contribution in [-0.4, -0.2) is 23.8 Å². The molecule has 0 radical (unpaired) electrons. The van der Waals surface area contributed by atoms with Gasteiger partial charge in [-0.3, -0.25) is 10.1 Å². The molecule has 4 nitrogen and oxygen atoms in total. The zero-order valence-electron chi connectivity index (χ0n) is 9.93. The van der Waals surface area contributed by atoms with Crippen LogP contribution in [0.15, 0.2) is 18.2 Å². The van der Waals surface area contributed by atoms with Gasteiger partial charge in [0.15, 0.2) is 0 Å². The number of anilines is 1. The molecule has 0 unspecified atom stereocenters. The van der Waals surface area contributed by atoms with Gasteiger partial charge in [0, 0.05) is 11.8 Å². The van der Waals surface area contributed by atoms with E-state index in [0.29, 0.717) is 6.07 Å². The zero-order chi connectivity index (χ0) is 16.4. The number of alkyl halides is 7. The van der Waals surface area contributed by atoms with E-state index in [-0.39, 0.29) is 6.07 Å². The molecule has 21 heavy (non-hydrogen) atoms. The molecule has 0 aromatic heterocycles. The van der Waals surface area contributed by atoms with E-state index < -0.39 is 46.9 Å². The Bertz CT molecular complexity index is 531. The van der Waals surface area contributed by atoms with E-state index in [1.807, 2.05) is 0 Å². The van der Waals surface area contributed by atoms with Gasteiger partial charge in [-0.2, -0.15) is 22.0 Å². The monoisotopic (exact) mass is 320 g/mol. The second-order valence-corrected chi connectivity index (χ2v) is 3.90. The van der Waals surface area contributed by atoms with E-state index in [1.165, 1.54) is 0 Å². The molecule has 1 rings (SSSR count). The normalized spacial score (nSPS) is 12.6. The molecule has 0 atom stereocenters. The number of nitro groups is 1. The molecule has 0 bridgehead atoms. The summed E-state index contributed by atoms with van der Waals surface area (Å²) in [5.74, 6) is -4.44. The Labute approximate surface area is 112 Å². The molecule has 0 saturated heterocycles. The third-order valence-corrected chi connectivity index (χ3v) is 2.35. The molecule has 0 aliphatic rings. The molecule has 0 amide bonds. The summed E-state index contributed by atoms with van der Waals surface area (Å²) in [5.41, 5.74) is -3.53. The van der Waals surface area contributed by atoms with Gasteiger partial charge in [0.1, 0.15) is 5.56 Å². The molecule has 118 valence electrons. The van der Waals surface area contributed by atoms with Gasteiger partial charge in [0.05, 0.1) is 11.5 Å². The Hall–Kier alpha value is -2.07. The summed E-state index contributed by atoms with van der Waals surface area (Å²) in [6, 6.07) is 1.38. The fourth-order valence-electron chi connectivity index (χ4n) is 1.33. The van der Waals surface area contributed by atoms with Crippen molar-refractivity contribution in [1.82, 2.24) is 0 Å². The minimum Gasteiger partial charge on any atom is -0.379 e. The maximum Gasteiger partial charge on any atom is 0.423 e. The summed E-state index contributed by atoms with van der Waals surface area (Å²) in [4.78, 5) is 9.16. The number of rotatable bonds is 5. The lowest BCUT2D eigenvalue weighted by atomic mass is 10.1. The van der Waals surface area contributed by atoms with E-state index in [1.54, 1.807) is 5.32 Å². The molecule has 0 aliphatic heterocycles. The smallest absolute Gasteiger partial charge is 0.379 e. The van der Waals surface area contributed by atoms with Crippen molar-refractivity contribution >= 4 is 11.4 Å². The Morgan fingerprint density at radius 2 is 1.76 bits per heavy atom. The van der Waals surface area contributed by atoms with E-state index in [2.05, 4.69) is 0 Å². The van der Waals surface area contributed by atoms with Crippen molar-refractivity contribution in [2.24, 2.45) is 0 Å². The predicted molar refractivity (Wildman–Crippen MR) is 57.5 cm³/mol. The van der Waals surface area contributed by atoms with Crippen LogP contribution in [0.25, 0.3) is 0 Å². The van der Waals surface area contributed by atoms with E-state index >= 15 is 0 Å². The first-order valence-corrected chi connectivity index (χ1v) is 5.20. The van der Waals surface area contributed by atoms with Crippen molar-refractivity contribution in [1.29, 1.82) is 0 Å². The van der Waals surface area contributed by atoms with Gasteiger partial charge in [0.2, 0.25) is 0 Å². The first-order chi connectivity index (χ1) is 9.45. The Kier molecular flexibility index (Phi) is 4.64. The van der Waals surface area contributed by atoms with Crippen molar-refractivity contribution in [3.8, 4) is 0 Å². The highest BCUT2D eigenvalue weighted by atomic mass is 19.4. The maximum atomic E-state index is 12.6. The van der Waals surface area contributed by atoms with Crippen LogP contribution in [0.5, 0.6) is 0 Å². The van der Waals surface area contributed by atoms with Crippen LogP contribution in [0.2, 0.25) is 0 Å². The fraction of sp³-hybridized carbons (Fsp3) is 0.400. The summed E-state index contributed by atoms with van der Waals surface area (Å²) in [7, 11) is 0. The number of hydrogen-bond acceptors (Lipinski definition) is 3. The molecule has 0 heterocycles. The molecular formula is C10H7F7N2O2. The predicted octanol–water partition coefficient (Wildman–Crippen LogP) is 3.93. The van der Waals surface area contributed by atoms with Gasteiger partial charge in [-0.05, 0) is 12.1 Å². The van der Waals surface area contributed by atoms with Crippen LogP contribution in [0.4, 0.5) is 42.1 Å². The third kappa shape index (κ3) is 4.20. The van der Waals surface area contributed by atoms with Crippen LogP contribution in [-0.2, 0) is 6.18 Å². The molecule has 1 N–H and O–H groups in total. The molecule has 0 aliphatic carbocycles. The van der Waals surface area contributed by atoms with Crippen molar-refractivity contribution in [3.05, 3.63) is 33.9 Å². The molecule has 11 heteroatoms. The van der Waals surface area contributed by atoms with Gasteiger partial charge < -0.3 is 5.32 Å². The SMILES string of the molecule is O=[N+]([O-])c1ccc(NCC(F)(F)C(F)F)cc1C(F)(F)F. The Morgan fingerprint density at radius 1 is 1.19 bits per heavy atom. The van der Waals surface area contributed by atoms with E-state index in [0.717, 1.165) is 6.07 Å². The summed E-state index contributed by atoms with van der Waals surface area (Å²) in [5, 5.41) is 12.1. The average molecular weight is 320 g/mol. The van der Waals surface area contributed by atoms with Crippen molar-refractivity contribution < 1.29 is 35.7 Å². The van der Waals surface area contributed by atoms with Gasteiger partial charge >= 0.3 is 18.5 Å². The second kappa shape index (κ2) is 5.74. The van der Waals surface area contributed by atoms with Crippen LogP contribution in [0.3, 0.4) is 0 Å². The average Bonchev–Trinajstić information content (AvgIpc) is 2.34. The van der Waals surface area contributed by atoms with Gasteiger partial charge in [-0.1, -0.05) is 0 Å². The topological polar surface area (TPSA) is 55.2 Å². The summed E-state index contributed by atoms with van der Waals surface area (Å²) in [6.45, 7) is -1.61. The number of halogens is 7. The summed E-state index contributed by atoms with van der Waals surface area (Å²) >= 11 is 0. The van der Waals surface area contributed by atoms with Crippen molar-refractivity contribution in [3.63, 3.8) is 0 Å². The fourth-order valence-corrected chi connectivity index (χ4v) is 1.33.